The van der Waals surface area contributed by atoms with Crippen LogP contribution < -0.4 is 0 Å². The van der Waals surface area contributed by atoms with Crippen LogP contribution in [0.3, 0.4) is 0 Å². The second-order valence-corrected chi connectivity index (χ2v) is 6.12. The number of nitrogens with zero attached hydrogens (tertiary/aromatic N) is 1. The Morgan fingerprint density at radius 2 is 1.78 bits per heavy atom. The van der Waals surface area contributed by atoms with Crippen LogP contribution in [-0.4, -0.2) is 47.5 Å². The second kappa shape index (κ2) is 6.40. The number of halogens is 4. The van der Waals surface area contributed by atoms with Gasteiger partial charge in [-0.2, -0.15) is 13.2 Å². The summed E-state index contributed by atoms with van der Waals surface area (Å²) in [5.41, 5.74) is 0. The molecule has 106 valence electrons. The van der Waals surface area contributed by atoms with Crippen LogP contribution >= 0.6 is 15.9 Å². The summed E-state index contributed by atoms with van der Waals surface area (Å²) >= 11 is 3.00. The quantitative estimate of drug-likeness (QED) is 0.572. The van der Waals surface area contributed by atoms with Gasteiger partial charge in [-0.05, 0) is 13.8 Å². The van der Waals surface area contributed by atoms with Crippen molar-refractivity contribution in [1.29, 1.82) is 0 Å². The predicted octanol–water partition coefficient (Wildman–Crippen LogP) is 2.11. The van der Waals surface area contributed by atoms with Crippen molar-refractivity contribution in [2.24, 2.45) is 0 Å². The maximum Gasteiger partial charge on any atom is 0.406 e. The van der Waals surface area contributed by atoms with E-state index in [1.807, 2.05) is 0 Å². The van der Waals surface area contributed by atoms with E-state index in [1.54, 1.807) is 0 Å². The first-order chi connectivity index (χ1) is 7.97. The molecule has 0 aromatic carbocycles. The van der Waals surface area contributed by atoms with Gasteiger partial charge >= 0.3 is 12.1 Å². The summed E-state index contributed by atoms with van der Waals surface area (Å²) in [5.74, 6) is -1.40. The molecule has 0 unspecified atom stereocenters. The average Bonchev–Trinajstić information content (AvgIpc) is 2.19. The van der Waals surface area contributed by atoms with Crippen LogP contribution in [0.5, 0.6) is 0 Å². The lowest BCUT2D eigenvalue weighted by atomic mass is 10.2. The summed E-state index contributed by atoms with van der Waals surface area (Å²) in [6, 6.07) is 0. The van der Waals surface area contributed by atoms with Gasteiger partial charge in [0.05, 0.1) is 17.9 Å². The zero-order chi connectivity index (χ0) is 14.6. The van der Waals surface area contributed by atoms with Crippen molar-refractivity contribution in [2.45, 2.75) is 30.8 Å². The van der Waals surface area contributed by atoms with Crippen molar-refractivity contribution in [2.75, 3.05) is 20.2 Å². The minimum atomic E-state index is -4.51. The normalized spacial score (nSPS) is 12.2. The maximum absolute atomic E-state index is 12.3. The van der Waals surface area contributed by atoms with E-state index in [9.17, 15) is 22.8 Å². The molecule has 0 aromatic heterocycles. The van der Waals surface area contributed by atoms with Crippen molar-refractivity contribution in [1.82, 2.24) is 4.90 Å². The van der Waals surface area contributed by atoms with Crippen LogP contribution in [0.15, 0.2) is 0 Å². The van der Waals surface area contributed by atoms with E-state index in [0.29, 0.717) is 4.90 Å². The Labute approximate surface area is 112 Å². The number of esters is 1. The number of ether oxygens (including phenoxy) is 1. The SMILES string of the molecule is COC(=O)CCN(CC(F)(F)F)C(=O)C(C)(C)Br. The minimum absolute atomic E-state index is 0.276. The summed E-state index contributed by atoms with van der Waals surface area (Å²) < 4.78 is 40.2. The lowest BCUT2D eigenvalue weighted by Gasteiger charge is -2.28. The van der Waals surface area contributed by atoms with E-state index >= 15 is 0 Å². The van der Waals surface area contributed by atoms with Gasteiger partial charge in [-0.3, -0.25) is 9.59 Å². The fraction of sp³-hybridized carbons (Fsp3) is 0.800. The number of alkyl halides is 4. The first-order valence-corrected chi connectivity index (χ1v) is 5.88. The van der Waals surface area contributed by atoms with E-state index in [0.717, 1.165) is 7.11 Å². The Hall–Kier alpha value is -0.790. The summed E-state index contributed by atoms with van der Waals surface area (Å²) in [5, 5.41) is 0. The topological polar surface area (TPSA) is 46.6 Å². The number of methoxy groups -OCH3 is 1. The Balaban J connectivity index is 4.73. The standard InChI is InChI=1S/C10H15BrF3NO3/c1-9(2,11)8(17)15(6-10(12,13)14)5-4-7(16)18-3/h4-6H2,1-3H3. The van der Waals surface area contributed by atoms with Crippen LogP contribution in [0, 0.1) is 0 Å². The zero-order valence-corrected chi connectivity index (χ0v) is 11.9. The van der Waals surface area contributed by atoms with E-state index in [-0.39, 0.29) is 13.0 Å². The van der Waals surface area contributed by atoms with Crippen LogP contribution in [0.2, 0.25) is 0 Å². The third-order valence-corrected chi connectivity index (χ3v) is 2.32. The van der Waals surface area contributed by atoms with Gasteiger partial charge in [0.15, 0.2) is 0 Å². The summed E-state index contributed by atoms with van der Waals surface area (Å²) in [6.45, 7) is 1.16. The molecule has 0 saturated carbocycles. The molecule has 0 rings (SSSR count). The molecule has 1 amide bonds. The number of hydrogen-bond acceptors (Lipinski definition) is 3. The molecule has 0 heterocycles. The summed E-state index contributed by atoms with van der Waals surface area (Å²) in [7, 11) is 1.13. The first kappa shape index (κ1) is 17.2. The minimum Gasteiger partial charge on any atom is -0.469 e. The van der Waals surface area contributed by atoms with Crippen LogP contribution in [0.1, 0.15) is 20.3 Å². The Morgan fingerprint density at radius 3 is 2.11 bits per heavy atom. The summed E-state index contributed by atoms with van der Waals surface area (Å²) in [6.07, 6.45) is -4.79. The van der Waals surface area contributed by atoms with E-state index in [2.05, 4.69) is 20.7 Å². The second-order valence-electron chi connectivity index (χ2n) is 4.14. The molecule has 0 aliphatic rings. The molecule has 0 fully saturated rings. The Kier molecular flexibility index (Phi) is 6.12. The van der Waals surface area contributed by atoms with Gasteiger partial charge in [0.2, 0.25) is 5.91 Å². The van der Waals surface area contributed by atoms with Gasteiger partial charge in [0.25, 0.3) is 0 Å². The molecule has 0 aromatic rings. The van der Waals surface area contributed by atoms with Crippen molar-refractivity contribution in [3.05, 3.63) is 0 Å². The Bertz CT molecular complexity index is 312. The van der Waals surface area contributed by atoms with Crippen LogP contribution in [0.4, 0.5) is 13.2 Å². The Morgan fingerprint density at radius 1 is 1.28 bits per heavy atom. The number of rotatable bonds is 5. The molecular formula is C10H15BrF3NO3. The number of carbonyl (C=O) groups is 2. The van der Waals surface area contributed by atoms with Gasteiger partial charge in [0.1, 0.15) is 6.54 Å². The lowest BCUT2D eigenvalue weighted by Crippen LogP contribution is -2.46. The molecule has 0 N–H and O–H groups in total. The van der Waals surface area contributed by atoms with Crippen LogP contribution in [0.25, 0.3) is 0 Å². The highest BCUT2D eigenvalue weighted by molar-refractivity contribution is 9.10. The molecule has 18 heavy (non-hydrogen) atoms. The molecule has 0 aliphatic carbocycles. The van der Waals surface area contributed by atoms with Crippen molar-refractivity contribution >= 4 is 27.8 Å². The fourth-order valence-electron chi connectivity index (χ4n) is 1.17. The molecule has 0 saturated heterocycles. The van der Waals surface area contributed by atoms with Gasteiger partial charge in [-0.25, -0.2) is 0 Å². The van der Waals surface area contributed by atoms with Crippen molar-refractivity contribution in [3.8, 4) is 0 Å². The molecule has 0 aliphatic heterocycles. The fourth-order valence-corrected chi connectivity index (χ4v) is 1.42. The zero-order valence-electron chi connectivity index (χ0n) is 10.3. The smallest absolute Gasteiger partial charge is 0.406 e. The molecule has 8 heteroatoms. The van der Waals surface area contributed by atoms with Crippen molar-refractivity contribution in [3.63, 3.8) is 0 Å². The first-order valence-electron chi connectivity index (χ1n) is 5.09. The highest BCUT2D eigenvalue weighted by atomic mass is 79.9. The van der Waals surface area contributed by atoms with Gasteiger partial charge in [-0.15, -0.1) is 0 Å². The van der Waals surface area contributed by atoms with E-state index in [1.165, 1.54) is 13.8 Å². The number of hydrogen-bond donors (Lipinski definition) is 0. The molecule has 0 spiro atoms. The molecule has 0 bridgehead atoms. The van der Waals surface area contributed by atoms with E-state index in [4.69, 9.17) is 0 Å². The molecular weight excluding hydrogens is 319 g/mol. The highest BCUT2D eigenvalue weighted by Crippen LogP contribution is 2.23. The van der Waals surface area contributed by atoms with E-state index < -0.39 is 28.9 Å². The third kappa shape index (κ3) is 6.83. The maximum atomic E-state index is 12.3. The molecule has 4 nitrogen and oxygen atoms in total. The molecule has 0 radical (unpaired) electrons. The number of carbonyl (C=O) groups excluding carboxylic acids is 2. The largest absolute Gasteiger partial charge is 0.469 e. The summed E-state index contributed by atoms with van der Waals surface area (Å²) in [4.78, 5) is 23.3. The van der Waals surface area contributed by atoms with Crippen molar-refractivity contribution < 1.29 is 27.5 Å². The van der Waals surface area contributed by atoms with Gasteiger partial charge in [-0.1, -0.05) is 15.9 Å². The average molecular weight is 334 g/mol. The number of amides is 1. The molecule has 0 atom stereocenters. The van der Waals surface area contributed by atoms with Gasteiger partial charge < -0.3 is 9.64 Å². The third-order valence-electron chi connectivity index (χ3n) is 1.98. The highest BCUT2D eigenvalue weighted by Gasteiger charge is 2.37. The van der Waals surface area contributed by atoms with Gasteiger partial charge in [0, 0.05) is 6.54 Å². The lowest BCUT2D eigenvalue weighted by molar-refractivity contribution is -0.163. The van der Waals surface area contributed by atoms with Crippen LogP contribution in [-0.2, 0) is 14.3 Å². The monoisotopic (exact) mass is 333 g/mol. The predicted molar refractivity (Wildman–Crippen MR) is 62.3 cm³/mol.